The van der Waals surface area contributed by atoms with E-state index in [0.29, 0.717) is 0 Å². The zero-order valence-corrected chi connectivity index (χ0v) is 14.4. The van der Waals surface area contributed by atoms with Gasteiger partial charge in [-0.1, -0.05) is 0 Å². The number of hydrogen-bond donors (Lipinski definition) is 2. The average Bonchev–Trinajstić information content (AvgIpc) is 3.39. The Morgan fingerprint density at radius 2 is 2.04 bits per heavy atom. The summed E-state index contributed by atoms with van der Waals surface area (Å²) in [5.74, 6) is -3.14. The number of aromatic nitrogens is 1. The van der Waals surface area contributed by atoms with Crippen molar-refractivity contribution in [3.63, 3.8) is 0 Å². The van der Waals surface area contributed by atoms with E-state index in [4.69, 9.17) is 5.73 Å². The van der Waals surface area contributed by atoms with E-state index in [1.54, 1.807) is 6.92 Å². The predicted octanol–water partition coefficient (Wildman–Crippen LogP) is 2.24. The Balaban J connectivity index is 2.01. The Hall–Kier alpha value is -2.48. The molecule has 0 bridgehead atoms. The highest BCUT2D eigenvalue weighted by Gasteiger charge is 2.45. The van der Waals surface area contributed by atoms with Crippen LogP contribution in [0, 0.1) is 11.6 Å². The Morgan fingerprint density at radius 1 is 1.38 bits per heavy atom. The Labute approximate surface area is 147 Å². The SMILES string of the molecule is C[C@H]1N(c2c(F)cc3c(=O)c(C(=O)O)cn(C4CC4)c3c2F)C[C@]1(C)N. The lowest BCUT2D eigenvalue weighted by Crippen LogP contribution is -2.72. The standard InChI is InChI=1S/C18H19F2N3O3/c1-8-18(2,21)7-23(8)15-12(19)5-10-14(13(15)20)22(9-3-4-9)6-11(16(10)24)17(25)26/h5-6,8-9H,3-4,7,21H2,1-2H3,(H,25,26)/t8-,18+/m1/s1. The molecule has 8 heteroatoms. The van der Waals surface area contributed by atoms with Crippen LogP contribution in [0.4, 0.5) is 14.5 Å². The summed E-state index contributed by atoms with van der Waals surface area (Å²) in [5.41, 5.74) is 3.88. The molecule has 1 aromatic heterocycles. The maximum Gasteiger partial charge on any atom is 0.341 e. The zero-order valence-electron chi connectivity index (χ0n) is 14.4. The van der Waals surface area contributed by atoms with E-state index in [0.717, 1.165) is 18.9 Å². The fourth-order valence-corrected chi connectivity index (χ4v) is 3.64. The average molecular weight is 363 g/mol. The third kappa shape index (κ3) is 2.25. The van der Waals surface area contributed by atoms with Gasteiger partial charge in [-0.15, -0.1) is 0 Å². The van der Waals surface area contributed by atoms with E-state index < -0.39 is 34.1 Å². The Bertz CT molecular complexity index is 1010. The van der Waals surface area contributed by atoms with Crippen LogP contribution in [-0.2, 0) is 0 Å². The summed E-state index contributed by atoms with van der Waals surface area (Å²) in [6.45, 7) is 3.88. The van der Waals surface area contributed by atoms with Crippen molar-refractivity contribution in [2.24, 2.45) is 5.73 Å². The first kappa shape index (κ1) is 17.0. The summed E-state index contributed by atoms with van der Waals surface area (Å²) in [6.07, 6.45) is 2.68. The molecule has 138 valence electrons. The number of fused-ring (bicyclic) bond motifs is 1. The molecule has 6 nitrogen and oxygen atoms in total. The molecule has 0 amide bonds. The van der Waals surface area contributed by atoms with Gasteiger partial charge in [-0.25, -0.2) is 13.6 Å². The van der Waals surface area contributed by atoms with Crippen molar-refractivity contribution in [1.29, 1.82) is 0 Å². The first-order valence-corrected chi connectivity index (χ1v) is 8.49. The van der Waals surface area contributed by atoms with E-state index in [-0.39, 0.29) is 35.2 Å². The number of benzene rings is 1. The van der Waals surface area contributed by atoms with E-state index in [9.17, 15) is 19.1 Å². The highest BCUT2D eigenvalue weighted by atomic mass is 19.1. The lowest BCUT2D eigenvalue weighted by atomic mass is 9.83. The highest BCUT2D eigenvalue weighted by Crippen LogP contribution is 2.42. The van der Waals surface area contributed by atoms with E-state index in [1.165, 1.54) is 15.7 Å². The van der Waals surface area contributed by atoms with E-state index in [1.807, 2.05) is 6.92 Å². The molecular formula is C18H19F2N3O3. The number of hydrogen-bond acceptors (Lipinski definition) is 4. The second-order valence-corrected chi connectivity index (χ2v) is 7.54. The van der Waals surface area contributed by atoms with Crippen molar-refractivity contribution in [2.45, 2.75) is 44.3 Å². The fourth-order valence-electron chi connectivity index (χ4n) is 3.64. The second-order valence-electron chi connectivity index (χ2n) is 7.54. The van der Waals surface area contributed by atoms with Crippen molar-refractivity contribution >= 4 is 22.6 Å². The zero-order chi connectivity index (χ0) is 19.0. The van der Waals surface area contributed by atoms with Crippen molar-refractivity contribution in [2.75, 3.05) is 11.4 Å². The first-order valence-electron chi connectivity index (χ1n) is 8.49. The summed E-state index contributed by atoms with van der Waals surface area (Å²) in [7, 11) is 0. The van der Waals surface area contributed by atoms with E-state index >= 15 is 4.39 Å². The summed E-state index contributed by atoms with van der Waals surface area (Å²) in [6, 6.07) is 0.584. The third-order valence-electron chi connectivity index (χ3n) is 5.57. The molecule has 1 saturated carbocycles. The second kappa shape index (κ2) is 5.26. The molecule has 1 aromatic carbocycles. The van der Waals surface area contributed by atoms with Gasteiger partial charge in [-0.2, -0.15) is 0 Å². The molecule has 4 rings (SSSR count). The number of halogens is 2. The highest BCUT2D eigenvalue weighted by molar-refractivity contribution is 5.94. The summed E-state index contributed by atoms with van der Waals surface area (Å²) in [4.78, 5) is 25.3. The van der Waals surface area contributed by atoms with Crippen molar-refractivity contribution in [1.82, 2.24) is 4.57 Å². The molecule has 2 fully saturated rings. The van der Waals surface area contributed by atoms with Crippen LogP contribution >= 0.6 is 0 Å². The molecule has 2 heterocycles. The number of aromatic carboxylic acids is 1. The topological polar surface area (TPSA) is 88.6 Å². The number of rotatable bonds is 3. The number of nitrogens with two attached hydrogens (primary N) is 1. The molecule has 2 atom stereocenters. The van der Waals surface area contributed by atoms with Gasteiger partial charge >= 0.3 is 5.97 Å². The van der Waals surface area contributed by atoms with Gasteiger partial charge in [0.05, 0.1) is 16.4 Å². The van der Waals surface area contributed by atoms with Crippen molar-refractivity contribution < 1.29 is 18.7 Å². The maximum atomic E-state index is 15.4. The normalized spacial score (nSPS) is 25.4. The molecule has 3 N–H and O–H groups in total. The minimum atomic E-state index is -1.41. The number of carboxylic acids is 1. The lowest BCUT2D eigenvalue weighted by molar-refractivity contribution is 0.0694. The first-order chi connectivity index (χ1) is 12.1. The van der Waals surface area contributed by atoms with Crippen LogP contribution in [0.2, 0.25) is 0 Å². The largest absolute Gasteiger partial charge is 0.477 e. The molecule has 1 aliphatic carbocycles. The number of nitrogens with zero attached hydrogens (tertiary/aromatic N) is 2. The molecule has 0 radical (unpaired) electrons. The van der Waals surface area contributed by atoms with E-state index in [2.05, 4.69) is 0 Å². The summed E-state index contributed by atoms with van der Waals surface area (Å²) >= 11 is 0. The van der Waals surface area contributed by atoms with Crippen molar-refractivity contribution in [3.05, 3.63) is 39.7 Å². The predicted molar refractivity (Wildman–Crippen MR) is 92.8 cm³/mol. The minimum Gasteiger partial charge on any atom is -0.477 e. The Kier molecular flexibility index (Phi) is 3.43. The van der Waals surface area contributed by atoms with Crippen LogP contribution in [0.3, 0.4) is 0 Å². The van der Waals surface area contributed by atoms with Gasteiger partial charge in [-0.3, -0.25) is 4.79 Å². The molecule has 2 aromatic rings. The lowest BCUT2D eigenvalue weighted by Gasteiger charge is -2.53. The molecule has 26 heavy (non-hydrogen) atoms. The summed E-state index contributed by atoms with van der Waals surface area (Å²) < 4.78 is 31.5. The van der Waals surface area contributed by atoms with Crippen LogP contribution in [0.15, 0.2) is 17.1 Å². The van der Waals surface area contributed by atoms with Crippen molar-refractivity contribution in [3.8, 4) is 0 Å². The molecule has 0 spiro atoms. The Morgan fingerprint density at radius 3 is 2.54 bits per heavy atom. The molecule has 0 unspecified atom stereocenters. The van der Waals surface area contributed by atoms with Crippen LogP contribution in [0.1, 0.15) is 43.1 Å². The number of anilines is 1. The van der Waals surface area contributed by atoms with Crippen LogP contribution in [0.5, 0.6) is 0 Å². The van der Waals surface area contributed by atoms with Crippen LogP contribution in [-0.4, -0.2) is 33.8 Å². The van der Waals surface area contributed by atoms with Crippen LogP contribution in [0.25, 0.3) is 10.9 Å². The fraction of sp³-hybridized carbons (Fsp3) is 0.444. The van der Waals surface area contributed by atoms with Gasteiger partial charge in [0.25, 0.3) is 0 Å². The van der Waals surface area contributed by atoms with Gasteiger partial charge in [0.15, 0.2) is 5.82 Å². The quantitative estimate of drug-likeness (QED) is 0.873. The number of pyridine rings is 1. The molecular weight excluding hydrogens is 344 g/mol. The maximum absolute atomic E-state index is 15.4. The van der Waals surface area contributed by atoms with Gasteiger partial charge in [0.2, 0.25) is 5.43 Å². The third-order valence-corrected chi connectivity index (χ3v) is 5.57. The minimum absolute atomic E-state index is 0.0447. The molecule has 1 saturated heterocycles. The number of carboxylic acid groups (broad SMARTS) is 1. The molecule has 2 aliphatic rings. The monoisotopic (exact) mass is 363 g/mol. The van der Waals surface area contributed by atoms with Gasteiger partial charge in [0.1, 0.15) is 17.1 Å². The van der Waals surface area contributed by atoms with Gasteiger partial charge < -0.3 is 20.3 Å². The number of carbonyl (C=O) groups is 1. The van der Waals surface area contributed by atoms with Gasteiger partial charge in [0, 0.05) is 24.8 Å². The smallest absolute Gasteiger partial charge is 0.341 e. The van der Waals surface area contributed by atoms with Gasteiger partial charge in [-0.05, 0) is 32.8 Å². The molecule has 1 aliphatic heterocycles. The van der Waals surface area contributed by atoms with Crippen LogP contribution < -0.4 is 16.1 Å². The summed E-state index contributed by atoms with van der Waals surface area (Å²) in [5, 5.41) is 9.00.